The number of unbranched alkanes of at least 4 members (excludes halogenated alkanes) is 1. The number of halogens is 2. The highest BCUT2D eigenvalue weighted by Crippen LogP contribution is 2.30. The fraction of sp³-hybridized carbons (Fsp3) is 0.457. The molecule has 0 saturated carbocycles. The minimum Gasteiger partial charge on any atom is -0.340 e. The lowest BCUT2D eigenvalue weighted by atomic mass is 9.87. The number of rotatable bonds is 12. The zero-order valence-corrected chi connectivity index (χ0v) is 24.8. The second-order valence-corrected chi connectivity index (χ2v) is 12.2. The Hall–Kier alpha value is -3.09. The molecule has 1 aliphatic heterocycles. The molecule has 1 N–H and O–H groups in total. The van der Waals surface area contributed by atoms with Crippen LogP contribution >= 0.6 is 0 Å². The van der Waals surface area contributed by atoms with Gasteiger partial charge in [-0.3, -0.25) is 9.69 Å². The van der Waals surface area contributed by atoms with Gasteiger partial charge >= 0.3 is 0 Å². The van der Waals surface area contributed by atoms with Gasteiger partial charge in [0.1, 0.15) is 11.6 Å². The molecule has 6 heteroatoms. The van der Waals surface area contributed by atoms with Crippen LogP contribution in [0.5, 0.6) is 0 Å². The van der Waals surface area contributed by atoms with Gasteiger partial charge in [0.25, 0.3) is 0 Å². The Morgan fingerprint density at radius 3 is 1.90 bits per heavy atom. The topological polar surface area (TPSA) is 35.6 Å². The molecular weight excluding hydrogens is 516 g/mol. The van der Waals surface area contributed by atoms with Crippen LogP contribution in [0.1, 0.15) is 74.6 Å². The van der Waals surface area contributed by atoms with Gasteiger partial charge in [-0.1, -0.05) is 75.7 Å². The minimum absolute atomic E-state index is 0.0475. The van der Waals surface area contributed by atoms with E-state index in [-0.39, 0.29) is 28.9 Å². The maximum absolute atomic E-state index is 13.5. The molecule has 3 aromatic carbocycles. The van der Waals surface area contributed by atoms with Crippen LogP contribution < -0.4 is 5.32 Å². The number of benzene rings is 3. The summed E-state index contributed by atoms with van der Waals surface area (Å²) in [6.45, 7) is 12.9. The van der Waals surface area contributed by atoms with E-state index >= 15 is 0 Å². The third kappa shape index (κ3) is 9.47. The summed E-state index contributed by atoms with van der Waals surface area (Å²) < 4.78 is 27.0. The smallest absolute Gasteiger partial charge is 0.222 e. The van der Waals surface area contributed by atoms with Gasteiger partial charge in [-0.25, -0.2) is 8.78 Å². The third-order valence-electron chi connectivity index (χ3n) is 8.16. The van der Waals surface area contributed by atoms with Crippen molar-refractivity contribution in [2.45, 2.75) is 64.3 Å². The normalized spacial score (nSPS) is 14.5. The predicted molar refractivity (Wildman–Crippen MR) is 163 cm³/mol. The fourth-order valence-corrected chi connectivity index (χ4v) is 5.51. The third-order valence-corrected chi connectivity index (χ3v) is 8.16. The van der Waals surface area contributed by atoms with Gasteiger partial charge in [0, 0.05) is 58.2 Å². The summed E-state index contributed by atoms with van der Waals surface area (Å²) >= 11 is 0. The summed E-state index contributed by atoms with van der Waals surface area (Å²) in [6.07, 6.45) is 3.04. The Morgan fingerprint density at radius 1 is 0.805 bits per heavy atom. The highest BCUT2D eigenvalue weighted by Gasteiger charge is 2.21. The number of nitrogens with zero attached hydrogens (tertiary/aromatic N) is 2. The van der Waals surface area contributed by atoms with Crippen molar-refractivity contribution in [1.82, 2.24) is 15.1 Å². The second-order valence-electron chi connectivity index (χ2n) is 12.2. The molecule has 220 valence electrons. The van der Waals surface area contributed by atoms with Gasteiger partial charge < -0.3 is 10.2 Å². The van der Waals surface area contributed by atoms with Gasteiger partial charge in [-0.05, 0) is 64.8 Å². The first-order valence-corrected chi connectivity index (χ1v) is 15.0. The van der Waals surface area contributed by atoms with Crippen LogP contribution in [0.4, 0.5) is 8.78 Å². The molecule has 1 saturated heterocycles. The van der Waals surface area contributed by atoms with Crippen LogP contribution in [0.3, 0.4) is 0 Å². The standard InChI is InChI=1S/C35H45F2N3O/c1-35(2,3)30-14-8-27(9-15-30)26-38-20-21-39-22-24-40(25-23-39)34(41)7-5-4-6-33(28-10-16-31(36)17-11-28)29-12-18-32(37)19-13-29/h8-19,33,38H,4-7,20-26H2,1-3H3. The zero-order valence-electron chi connectivity index (χ0n) is 24.8. The molecule has 1 amide bonds. The van der Waals surface area contributed by atoms with E-state index in [1.165, 1.54) is 35.4 Å². The van der Waals surface area contributed by atoms with Crippen LogP contribution in [0.15, 0.2) is 72.8 Å². The van der Waals surface area contributed by atoms with E-state index in [2.05, 4.69) is 55.3 Å². The number of carbonyl (C=O) groups excluding carboxylic acids is 1. The first kappa shape index (κ1) is 30.9. The van der Waals surface area contributed by atoms with Crippen molar-refractivity contribution in [2.24, 2.45) is 0 Å². The van der Waals surface area contributed by atoms with Crippen molar-refractivity contribution >= 4 is 5.91 Å². The van der Waals surface area contributed by atoms with Gasteiger partial charge in [0.05, 0.1) is 0 Å². The second kappa shape index (κ2) is 14.7. The summed E-state index contributed by atoms with van der Waals surface area (Å²) in [4.78, 5) is 17.3. The average Bonchev–Trinajstić information content (AvgIpc) is 2.97. The fourth-order valence-electron chi connectivity index (χ4n) is 5.51. The Bertz CT molecular complexity index is 1170. The highest BCUT2D eigenvalue weighted by molar-refractivity contribution is 5.76. The molecular formula is C35H45F2N3O. The summed E-state index contributed by atoms with van der Waals surface area (Å²) in [6, 6.07) is 21.9. The molecule has 0 aromatic heterocycles. The van der Waals surface area contributed by atoms with Crippen molar-refractivity contribution in [3.8, 4) is 0 Å². The van der Waals surface area contributed by atoms with Gasteiger partial charge in [-0.2, -0.15) is 0 Å². The molecule has 1 aliphatic rings. The Morgan fingerprint density at radius 2 is 1.37 bits per heavy atom. The van der Waals surface area contributed by atoms with Crippen LogP contribution in [-0.4, -0.2) is 55.0 Å². The van der Waals surface area contributed by atoms with Crippen LogP contribution in [0.25, 0.3) is 0 Å². The first-order chi connectivity index (χ1) is 19.7. The molecule has 0 radical (unpaired) electrons. The molecule has 3 aromatic rings. The molecule has 0 aliphatic carbocycles. The highest BCUT2D eigenvalue weighted by atomic mass is 19.1. The van der Waals surface area contributed by atoms with Gasteiger partial charge in [0.15, 0.2) is 0 Å². The number of amides is 1. The number of hydrogen-bond acceptors (Lipinski definition) is 3. The van der Waals surface area contributed by atoms with Gasteiger partial charge in [0.2, 0.25) is 5.91 Å². The van der Waals surface area contributed by atoms with Crippen LogP contribution in [0, 0.1) is 11.6 Å². The van der Waals surface area contributed by atoms with Crippen LogP contribution in [0.2, 0.25) is 0 Å². The van der Waals surface area contributed by atoms with Crippen molar-refractivity contribution in [3.63, 3.8) is 0 Å². The largest absolute Gasteiger partial charge is 0.340 e. The molecule has 4 rings (SSSR count). The maximum Gasteiger partial charge on any atom is 0.222 e. The summed E-state index contributed by atoms with van der Waals surface area (Å²) in [5.74, 6) is -0.265. The minimum atomic E-state index is -0.268. The molecule has 0 spiro atoms. The quantitative estimate of drug-likeness (QED) is 0.245. The molecule has 1 fully saturated rings. The number of carbonyl (C=O) groups is 1. The van der Waals surface area contributed by atoms with Crippen molar-refractivity contribution in [3.05, 3.63) is 107 Å². The SMILES string of the molecule is CC(C)(C)c1ccc(CNCCN2CCN(C(=O)CCCCC(c3ccc(F)cc3)c3ccc(F)cc3)CC2)cc1. The summed E-state index contributed by atoms with van der Waals surface area (Å²) in [7, 11) is 0. The lowest BCUT2D eigenvalue weighted by Gasteiger charge is -2.35. The average molecular weight is 562 g/mol. The Balaban J connectivity index is 1.14. The zero-order chi connectivity index (χ0) is 29.2. The number of nitrogens with one attached hydrogen (secondary N) is 1. The van der Waals surface area contributed by atoms with Crippen molar-refractivity contribution in [1.29, 1.82) is 0 Å². The lowest BCUT2D eigenvalue weighted by molar-refractivity contribution is -0.133. The van der Waals surface area contributed by atoms with E-state index in [0.717, 1.165) is 76.2 Å². The molecule has 0 atom stereocenters. The number of piperazine rings is 1. The summed E-state index contributed by atoms with van der Waals surface area (Å²) in [5.41, 5.74) is 4.85. The van der Waals surface area contributed by atoms with E-state index < -0.39 is 0 Å². The Labute approximate surface area is 244 Å². The van der Waals surface area contributed by atoms with E-state index in [9.17, 15) is 13.6 Å². The number of hydrogen-bond donors (Lipinski definition) is 1. The Kier molecular flexibility index (Phi) is 11.1. The molecule has 0 bridgehead atoms. The molecule has 41 heavy (non-hydrogen) atoms. The molecule has 1 heterocycles. The van der Waals surface area contributed by atoms with E-state index in [1.807, 2.05) is 4.90 Å². The monoisotopic (exact) mass is 561 g/mol. The summed E-state index contributed by atoms with van der Waals surface area (Å²) in [5, 5.41) is 3.55. The maximum atomic E-state index is 13.5. The molecule has 0 unspecified atom stereocenters. The van der Waals surface area contributed by atoms with Crippen molar-refractivity contribution in [2.75, 3.05) is 39.3 Å². The van der Waals surface area contributed by atoms with Gasteiger partial charge in [-0.15, -0.1) is 0 Å². The lowest BCUT2D eigenvalue weighted by Crippen LogP contribution is -2.49. The van der Waals surface area contributed by atoms with E-state index in [4.69, 9.17) is 0 Å². The van der Waals surface area contributed by atoms with Crippen LogP contribution in [-0.2, 0) is 16.8 Å². The molecule has 4 nitrogen and oxygen atoms in total. The first-order valence-electron chi connectivity index (χ1n) is 15.0. The van der Waals surface area contributed by atoms with Crippen molar-refractivity contribution < 1.29 is 13.6 Å². The predicted octanol–water partition coefficient (Wildman–Crippen LogP) is 6.89. The van der Waals surface area contributed by atoms with E-state index in [1.54, 1.807) is 24.3 Å². The van der Waals surface area contributed by atoms with E-state index in [0.29, 0.717) is 6.42 Å².